The summed E-state index contributed by atoms with van der Waals surface area (Å²) >= 11 is 0. The van der Waals surface area contributed by atoms with Crippen molar-refractivity contribution in [3.05, 3.63) is 62.5 Å². The van der Waals surface area contributed by atoms with Gasteiger partial charge in [0, 0.05) is 6.07 Å². The fourth-order valence-electron chi connectivity index (χ4n) is 2.22. The minimum atomic E-state index is -4.68. The topological polar surface area (TPSA) is 68.0 Å². The van der Waals surface area contributed by atoms with E-state index >= 15 is 0 Å². The van der Waals surface area contributed by atoms with Crippen LogP contribution in [0.5, 0.6) is 0 Å². The fourth-order valence-corrected chi connectivity index (χ4v) is 2.22. The first kappa shape index (κ1) is 14.2. The molecule has 0 aliphatic carbocycles. The zero-order valence-corrected chi connectivity index (χ0v) is 11.2. The smallest absolute Gasteiger partial charge is 0.418 e. The van der Waals surface area contributed by atoms with Crippen molar-refractivity contribution >= 4 is 10.9 Å². The standard InChI is InChI=1S/C14H9F3N2O3/c1-7-5-6-10(22-7)19-12(20)8-3-2-4-9(14(15,16)17)11(8)18-13(19)21/h2-6H,1H3,(H,18,21). The van der Waals surface area contributed by atoms with Crippen LogP contribution in [0.1, 0.15) is 11.3 Å². The third-order valence-electron chi connectivity index (χ3n) is 3.18. The van der Waals surface area contributed by atoms with Crippen LogP contribution in [0.4, 0.5) is 13.2 Å². The van der Waals surface area contributed by atoms with Crippen molar-refractivity contribution in [2.75, 3.05) is 0 Å². The Morgan fingerprint density at radius 1 is 1.14 bits per heavy atom. The number of nitrogens with one attached hydrogen (secondary N) is 1. The van der Waals surface area contributed by atoms with Crippen LogP contribution in [-0.4, -0.2) is 9.55 Å². The van der Waals surface area contributed by atoms with E-state index in [9.17, 15) is 22.8 Å². The first-order valence-corrected chi connectivity index (χ1v) is 6.21. The van der Waals surface area contributed by atoms with Gasteiger partial charge in [0.05, 0.1) is 16.5 Å². The maximum atomic E-state index is 13.0. The van der Waals surface area contributed by atoms with E-state index in [1.54, 1.807) is 6.92 Å². The molecule has 0 aliphatic rings. The Labute approximate surface area is 120 Å². The first-order valence-electron chi connectivity index (χ1n) is 6.21. The molecule has 0 spiro atoms. The number of aromatic nitrogens is 2. The fraction of sp³-hybridized carbons (Fsp3) is 0.143. The van der Waals surface area contributed by atoms with Crippen LogP contribution in [0.2, 0.25) is 0 Å². The number of alkyl halides is 3. The van der Waals surface area contributed by atoms with Crippen molar-refractivity contribution in [3.63, 3.8) is 0 Å². The lowest BCUT2D eigenvalue weighted by Gasteiger charge is -2.10. The van der Waals surface area contributed by atoms with E-state index in [0.717, 1.165) is 12.1 Å². The van der Waals surface area contributed by atoms with Gasteiger partial charge in [-0.25, -0.2) is 4.79 Å². The molecule has 0 unspecified atom stereocenters. The Morgan fingerprint density at radius 2 is 1.86 bits per heavy atom. The highest BCUT2D eigenvalue weighted by Gasteiger charge is 2.33. The lowest BCUT2D eigenvalue weighted by molar-refractivity contribution is -0.136. The Kier molecular flexibility index (Phi) is 2.98. The molecule has 2 aromatic heterocycles. The number of furan rings is 1. The van der Waals surface area contributed by atoms with Crippen molar-refractivity contribution in [1.29, 1.82) is 0 Å². The highest BCUT2D eigenvalue weighted by molar-refractivity contribution is 5.81. The second-order valence-electron chi connectivity index (χ2n) is 4.68. The molecule has 0 atom stereocenters. The molecule has 114 valence electrons. The molecule has 5 nitrogen and oxygen atoms in total. The van der Waals surface area contributed by atoms with Gasteiger partial charge in [0.2, 0.25) is 5.88 Å². The van der Waals surface area contributed by atoms with Gasteiger partial charge in [-0.15, -0.1) is 0 Å². The van der Waals surface area contributed by atoms with E-state index in [1.165, 1.54) is 18.2 Å². The zero-order valence-electron chi connectivity index (χ0n) is 11.2. The van der Waals surface area contributed by atoms with Gasteiger partial charge in [-0.2, -0.15) is 17.7 Å². The van der Waals surface area contributed by atoms with E-state index in [-0.39, 0.29) is 11.3 Å². The van der Waals surface area contributed by atoms with Crippen LogP contribution in [-0.2, 0) is 6.18 Å². The van der Waals surface area contributed by atoms with E-state index in [4.69, 9.17) is 4.42 Å². The first-order chi connectivity index (χ1) is 10.3. The van der Waals surface area contributed by atoms with Crippen LogP contribution in [0.3, 0.4) is 0 Å². The van der Waals surface area contributed by atoms with Gasteiger partial charge in [-0.05, 0) is 25.1 Å². The summed E-state index contributed by atoms with van der Waals surface area (Å²) in [6, 6.07) is 6.07. The SMILES string of the molecule is Cc1ccc(-n2c(=O)[nH]c3c(C(F)(F)F)cccc3c2=O)o1. The number of nitrogens with zero attached hydrogens (tertiary/aromatic N) is 1. The van der Waals surface area contributed by atoms with Crippen LogP contribution >= 0.6 is 0 Å². The molecule has 2 heterocycles. The van der Waals surface area contributed by atoms with Crippen LogP contribution in [0.25, 0.3) is 16.8 Å². The molecule has 8 heteroatoms. The number of halogens is 3. The van der Waals surface area contributed by atoms with Crippen LogP contribution in [0.15, 0.2) is 44.3 Å². The molecule has 22 heavy (non-hydrogen) atoms. The average molecular weight is 310 g/mol. The number of hydrogen-bond donors (Lipinski definition) is 1. The number of benzene rings is 1. The lowest BCUT2D eigenvalue weighted by Crippen LogP contribution is -2.34. The summed E-state index contributed by atoms with van der Waals surface area (Å²) in [7, 11) is 0. The molecule has 0 aliphatic heterocycles. The predicted molar refractivity (Wildman–Crippen MR) is 72.2 cm³/mol. The van der Waals surface area contributed by atoms with Crippen molar-refractivity contribution in [2.24, 2.45) is 0 Å². The number of rotatable bonds is 1. The number of hydrogen-bond acceptors (Lipinski definition) is 3. The summed E-state index contributed by atoms with van der Waals surface area (Å²) in [4.78, 5) is 26.5. The summed E-state index contributed by atoms with van der Waals surface area (Å²) in [6.07, 6.45) is -4.68. The molecule has 0 radical (unpaired) electrons. The van der Waals surface area contributed by atoms with Crippen LogP contribution in [0, 0.1) is 6.92 Å². The molecule has 0 saturated heterocycles. The van der Waals surface area contributed by atoms with Gasteiger partial charge in [0.1, 0.15) is 5.76 Å². The summed E-state index contributed by atoms with van der Waals surface area (Å²) in [5.41, 5.74) is -3.48. The number of aryl methyl sites for hydroxylation is 1. The van der Waals surface area contributed by atoms with Gasteiger partial charge in [0.15, 0.2) is 0 Å². The van der Waals surface area contributed by atoms with E-state index in [2.05, 4.69) is 4.98 Å². The summed E-state index contributed by atoms with van der Waals surface area (Å²) in [5.74, 6) is 0.411. The van der Waals surface area contributed by atoms with Gasteiger partial charge in [-0.3, -0.25) is 4.79 Å². The van der Waals surface area contributed by atoms with Gasteiger partial charge < -0.3 is 9.40 Å². The molecule has 3 aromatic rings. The number of aromatic amines is 1. The third kappa shape index (κ3) is 2.12. The molecule has 1 aromatic carbocycles. The highest BCUT2D eigenvalue weighted by atomic mass is 19.4. The summed E-state index contributed by atoms with van der Waals surface area (Å²) in [6.45, 7) is 1.62. The largest absolute Gasteiger partial charge is 0.445 e. The Balaban J connectivity index is 2.42. The predicted octanol–water partition coefficient (Wildman–Crippen LogP) is 2.60. The summed E-state index contributed by atoms with van der Waals surface area (Å²) < 4.78 is 44.7. The minimum Gasteiger partial charge on any atom is -0.445 e. The second kappa shape index (κ2) is 4.62. The molecule has 3 rings (SSSR count). The lowest BCUT2D eigenvalue weighted by atomic mass is 10.1. The quantitative estimate of drug-likeness (QED) is 0.751. The highest BCUT2D eigenvalue weighted by Crippen LogP contribution is 2.32. The number of para-hydroxylation sites is 1. The van der Waals surface area contributed by atoms with Crippen molar-refractivity contribution < 1.29 is 17.6 Å². The molecule has 1 N–H and O–H groups in total. The molecule has 0 saturated carbocycles. The maximum absolute atomic E-state index is 13.0. The van der Waals surface area contributed by atoms with Crippen molar-refractivity contribution in [2.45, 2.75) is 13.1 Å². The maximum Gasteiger partial charge on any atom is 0.418 e. The minimum absolute atomic E-state index is 0.0527. The molecule has 0 amide bonds. The summed E-state index contributed by atoms with van der Waals surface area (Å²) in [5, 5.41) is -0.247. The van der Waals surface area contributed by atoms with Gasteiger partial charge >= 0.3 is 11.9 Å². The normalized spacial score (nSPS) is 12.0. The number of fused-ring (bicyclic) bond motifs is 1. The second-order valence-corrected chi connectivity index (χ2v) is 4.68. The van der Waals surface area contributed by atoms with Gasteiger partial charge in [-0.1, -0.05) is 6.07 Å². The Morgan fingerprint density at radius 3 is 2.45 bits per heavy atom. The number of H-pyrrole nitrogens is 1. The van der Waals surface area contributed by atoms with Crippen LogP contribution < -0.4 is 11.2 Å². The average Bonchev–Trinajstić information content (AvgIpc) is 2.83. The molecular formula is C14H9F3N2O3. The van der Waals surface area contributed by atoms with E-state index in [1.807, 2.05) is 0 Å². The Hall–Kier alpha value is -2.77. The zero-order chi connectivity index (χ0) is 16.1. The van der Waals surface area contributed by atoms with E-state index < -0.39 is 28.5 Å². The van der Waals surface area contributed by atoms with Crippen molar-refractivity contribution in [3.8, 4) is 5.88 Å². The monoisotopic (exact) mass is 310 g/mol. The molecule has 0 bridgehead atoms. The Bertz CT molecular complexity index is 979. The van der Waals surface area contributed by atoms with Crippen molar-refractivity contribution in [1.82, 2.24) is 9.55 Å². The van der Waals surface area contributed by atoms with Gasteiger partial charge in [0.25, 0.3) is 5.56 Å². The van der Waals surface area contributed by atoms with E-state index in [0.29, 0.717) is 10.3 Å². The molecular weight excluding hydrogens is 301 g/mol. The third-order valence-corrected chi connectivity index (χ3v) is 3.18. The molecule has 0 fully saturated rings.